The van der Waals surface area contributed by atoms with Gasteiger partial charge in [-0.3, -0.25) is 0 Å². The Morgan fingerprint density at radius 1 is 1.18 bits per heavy atom. The minimum atomic E-state index is -1.71. The van der Waals surface area contributed by atoms with Crippen LogP contribution < -0.4 is 0 Å². The van der Waals surface area contributed by atoms with Crippen molar-refractivity contribution in [2.45, 2.75) is 31.8 Å². The predicted octanol–water partition coefficient (Wildman–Crippen LogP) is 1.61. The van der Waals surface area contributed by atoms with Gasteiger partial charge in [0, 0.05) is 0 Å². The quantitative estimate of drug-likeness (QED) is 0.445. The molecule has 0 spiro atoms. The second kappa shape index (κ2) is 7.49. The van der Waals surface area contributed by atoms with E-state index in [1.165, 1.54) is 6.07 Å². The number of aliphatic hydroxyl groups excluding tert-OH is 1. The molecule has 1 rings (SSSR count). The van der Waals surface area contributed by atoms with Crippen molar-refractivity contribution in [2.24, 2.45) is 0 Å². The first-order chi connectivity index (χ1) is 8.09. The summed E-state index contributed by atoms with van der Waals surface area (Å²) in [4.78, 5) is 0. The third kappa shape index (κ3) is 5.88. The van der Waals surface area contributed by atoms with Crippen LogP contribution in [0.3, 0.4) is 0 Å². The Balaban J connectivity index is 2.16. The van der Waals surface area contributed by atoms with Gasteiger partial charge in [-0.1, -0.05) is 12.5 Å². The molecule has 0 bridgehead atoms. The SMILES string of the molecule is OC(O)O[Si]CCCCc1ccc(F)c(F)c1. The average molecular weight is 260 g/mol. The Kier molecular flexibility index (Phi) is 6.28. The first-order valence-corrected chi connectivity index (χ1v) is 6.39. The van der Waals surface area contributed by atoms with Gasteiger partial charge in [0.1, 0.15) is 0 Å². The zero-order chi connectivity index (χ0) is 12.7. The highest BCUT2D eigenvalue weighted by Gasteiger charge is 2.03. The van der Waals surface area contributed by atoms with Crippen LogP contribution in [0.5, 0.6) is 0 Å². The lowest BCUT2D eigenvalue weighted by molar-refractivity contribution is -0.180. The standard InChI is InChI=1S/C11H14F2O3Si/c12-9-5-4-8(7-10(9)13)3-1-2-6-17-16-11(14)15/h4-5,7,11,14-15H,1-3,6H2. The summed E-state index contributed by atoms with van der Waals surface area (Å²) in [5, 5.41) is 16.8. The van der Waals surface area contributed by atoms with Gasteiger partial charge in [-0.25, -0.2) is 8.78 Å². The minimum absolute atomic E-state index is 0.0417. The lowest BCUT2D eigenvalue weighted by atomic mass is 10.1. The molecule has 94 valence electrons. The molecule has 0 aromatic heterocycles. The fourth-order valence-electron chi connectivity index (χ4n) is 1.35. The van der Waals surface area contributed by atoms with E-state index in [4.69, 9.17) is 10.2 Å². The molecular weight excluding hydrogens is 246 g/mol. The fraction of sp³-hybridized carbons (Fsp3) is 0.455. The van der Waals surface area contributed by atoms with Gasteiger partial charge in [0.2, 0.25) is 9.76 Å². The van der Waals surface area contributed by atoms with E-state index in [2.05, 4.69) is 4.43 Å². The van der Waals surface area contributed by atoms with E-state index < -0.39 is 18.1 Å². The van der Waals surface area contributed by atoms with E-state index in [9.17, 15) is 8.78 Å². The smallest absolute Gasteiger partial charge is 0.256 e. The highest BCUT2D eigenvalue weighted by Crippen LogP contribution is 2.11. The molecule has 0 aliphatic rings. The Hall–Kier alpha value is -0.823. The van der Waals surface area contributed by atoms with E-state index >= 15 is 0 Å². The van der Waals surface area contributed by atoms with Crippen LogP contribution in [-0.2, 0) is 10.8 Å². The molecule has 0 aliphatic heterocycles. The molecule has 0 aliphatic carbocycles. The van der Waals surface area contributed by atoms with Gasteiger partial charge in [-0.15, -0.1) is 0 Å². The molecule has 0 heterocycles. The maximum absolute atomic E-state index is 12.8. The topological polar surface area (TPSA) is 49.7 Å². The number of aryl methyl sites for hydroxylation is 1. The van der Waals surface area contributed by atoms with Crippen molar-refractivity contribution in [3.63, 3.8) is 0 Å². The van der Waals surface area contributed by atoms with Crippen LogP contribution in [0, 0.1) is 11.6 Å². The molecule has 17 heavy (non-hydrogen) atoms. The lowest BCUT2D eigenvalue weighted by Gasteiger charge is -2.04. The van der Waals surface area contributed by atoms with Crippen LogP contribution >= 0.6 is 0 Å². The summed E-state index contributed by atoms with van der Waals surface area (Å²) in [5.74, 6) is -1.66. The summed E-state index contributed by atoms with van der Waals surface area (Å²) >= 11 is 0. The second-order valence-corrected chi connectivity index (χ2v) is 4.57. The number of unbranched alkanes of at least 4 members (excludes halogenated alkanes) is 1. The van der Waals surface area contributed by atoms with Crippen molar-refractivity contribution in [3.8, 4) is 0 Å². The van der Waals surface area contributed by atoms with Crippen LogP contribution in [0.15, 0.2) is 18.2 Å². The third-order valence-electron chi connectivity index (χ3n) is 2.17. The van der Waals surface area contributed by atoms with Crippen molar-refractivity contribution in [3.05, 3.63) is 35.4 Å². The highest BCUT2D eigenvalue weighted by molar-refractivity contribution is 6.26. The molecule has 1 aromatic rings. The summed E-state index contributed by atoms with van der Waals surface area (Å²) in [7, 11) is 0.0417. The maximum Gasteiger partial charge on any atom is 0.256 e. The molecule has 0 unspecified atom stereocenters. The normalized spacial score (nSPS) is 11.1. The summed E-state index contributed by atoms with van der Waals surface area (Å²) in [6.07, 6.45) is 2.33. The van der Waals surface area contributed by atoms with Crippen LogP contribution in [-0.4, -0.2) is 26.5 Å². The van der Waals surface area contributed by atoms with Gasteiger partial charge in [0.05, 0.1) is 0 Å². The largest absolute Gasteiger partial charge is 0.372 e. The van der Waals surface area contributed by atoms with Crippen LogP contribution in [0.25, 0.3) is 0 Å². The van der Waals surface area contributed by atoms with Crippen molar-refractivity contribution in [1.29, 1.82) is 0 Å². The fourth-order valence-corrected chi connectivity index (χ4v) is 2.02. The van der Waals surface area contributed by atoms with Crippen molar-refractivity contribution >= 4 is 9.76 Å². The number of benzene rings is 1. The van der Waals surface area contributed by atoms with Gasteiger partial charge in [0.25, 0.3) is 6.48 Å². The molecule has 0 amide bonds. The number of rotatable bonds is 7. The zero-order valence-corrected chi connectivity index (χ0v) is 10.2. The maximum atomic E-state index is 12.8. The van der Waals surface area contributed by atoms with Gasteiger partial charge in [-0.05, 0) is 36.6 Å². The van der Waals surface area contributed by atoms with E-state index in [0.29, 0.717) is 6.42 Å². The number of halogens is 2. The minimum Gasteiger partial charge on any atom is -0.372 e. The molecule has 0 atom stereocenters. The molecular formula is C11H14F2O3Si. The summed E-state index contributed by atoms with van der Waals surface area (Å²) in [5.41, 5.74) is 0.760. The van der Waals surface area contributed by atoms with Gasteiger partial charge in [0.15, 0.2) is 11.6 Å². The van der Waals surface area contributed by atoms with Crippen LogP contribution in [0.4, 0.5) is 8.78 Å². The Morgan fingerprint density at radius 2 is 1.94 bits per heavy atom. The summed E-state index contributed by atoms with van der Waals surface area (Å²) < 4.78 is 30.0. The first kappa shape index (κ1) is 14.2. The van der Waals surface area contributed by atoms with Gasteiger partial charge in [-0.2, -0.15) is 0 Å². The monoisotopic (exact) mass is 260 g/mol. The Labute approximate surface area is 101 Å². The number of hydrogen-bond donors (Lipinski definition) is 2. The molecule has 2 N–H and O–H groups in total. The molecule has 0 fully saturated rings. The molecule has 3 nitrogen and oxygen atoms in total. The predicted molar refractivity (Wildman–Crippen MR) is 59.2 cm³/mol. The van der Waals surface area contributed by atoms with E-state index in [1.807, 2.05) is 0 Å². The van der Waals surface area contributed by atoms with Crippen molar-refractivity contribution in [1.82, 2.24) is 0 Å². The van der Waals surface area contributed by atoms with E-state index in [1.54, 1.807) is 6.07 Å². The van der Waals surface area contributed by atoms with Gasteiger partial charge < -0.3 is 14.6 Å². The highest BCUT2D eigenvalue weighted by atomic mass is 28.2. The number of aliphatic hydroxyl groups is 2. The third-order valence-corrected chi connectivity index (χ3v) is 3.10. The van der Waals surface area contributed by atoms with Crippen molar-refractivity contribution < 1.29 is 23.4 Å². The van der Waals surface area contributed by atoms with E-state index in [0.717, 1.165) is 30.5 Å². The molecule has 1 aromatic carbocycles. The second-order valence-electron chi connectivity index (χ2n) is 3.54. The molecule has 6 heteroatoms. The Bertz CT molecular complexity index is 347. The molecule has 2 radical (unpaired) electrons. The van der Waals surface area contributed by atoms with E-state index in [-0.39, 0.29) is 9.76 Å². The lowest BCUT2D eigenvalue weighted by Crippen LogP contribution is -2.13. The number of hydrogen-bond acceptors (Lipinski definition) is 3. The summed E-state index contributed by atoms with van der Waals surface area (Å²) in [6, 6.07) is 4.61. The van der Waals surface area contributed by atoms with Crippen molar-refractivity contribution in [2.75, 3.05) is 0 Å². The average Bonchev–Trinajstić information content (AvgIpc) is 2.27. The van der Waals surface area contributed by atoms with Crippen LogP contribution in [0.2, 0.25) is 6.04 Å². The Morgan fingerprint density at radius 3 is 2.59 bits per heavy atom. The molecule has 0 saturated heterocycles. The van der Waals surface area contributed by atoms with Gasteiger partial charge >= 0.3 is 0 Å². The molecule has 0 saturated carbocycles. The summed E-state index contributed by atoms with van der Waals surface area (Å²) in [6.45, 7) is -1.71. The zero-order valence-electron chi connectivity index (χ0n) is 9.20. The first-order valence-electron chi connectivity index (χ1n) is 5.28. The van der Waals surface area contributed by atoms with Crippen LogP contribution in [0.1, 0.15) is 18.4 Å².